The van der Waals surface area contributed by atoms with Crippen LogP contribution >= 0.6 is 0 Å². The summed E-state index contributed by atoms with van der Waals surface area (Å²) < 4.78 is 0. The Labute approximate surface area is 106 Å². The minimum Gasteiger partial charge on any atom is -0.343 e. The van der Waals surface area contributed by atoms with Gasteiger partial charge in [0, 0.05) is 19.5 Å². The van der Waals surface area contributed by atoms with E-state index < -0.39 is 0 Å². The van der Waals surface area contributed by atoms with Gasteiger partial charge in [-0.15, -0.1) is 0 Å². The number of likely N-dealkylation sites (tertiary alicyclic amines) is 1. The predicted molar refractivity (Wildman–Crippen MR) is 71.7 cm³/mol. The lowest BCUT2D eigenvalue weighted by molar-refractivity contribution is -0.134. The summed E-state index contributed by atoms with van der Waals surface area (Å²) in [6.45, 7) is 9.09. The Kier molecular flexibility index (Phi) is 5.44. The molecule has 1 unspecified atom stereocenters. The van der Waals surface area contributed by atoms with Crippen molar-refractivity contribution >= 4 is 5.91 Å². The van der Waals surface area contributed by atoms with Gasteiger partial charge >= 0.3 is 0 Å². The second kappa shape index (κ2) is 6.39. The molecule has 0 aromatic heterocycles. The van der Waals surface area contributed by atoms with Crippen LogP contribution in [0.25, 0.3) is 0 Å². The third kappa shape index (κ3) is 3.70. The molecule has 1 rings (SSSR count). The van der Waals surface area contributed by atoms with Gasteiger partial charge in [0.1, 0.15) is 0 Å². The van der Waals surface area contributed by atoms with E-state index in [1.54, 1.807) is 0 Å². The summed E-state index contributed by atoms with van der Waals surface area (Å²) in [4.78, 5) is 14.1. The molecule has 0 aliphatic carbocycles. The molecule has 0 spiro atoms. The van der Waals surface area contributed by atoms with Gasteiger partial charge in [-0.25, -0.2) is 0 Å². The number of nitrogens with two attached hydrogens (primary N) is 1. The van der Waals surface area contributed by atoms with Crippen LogP contribution in [-0.4, -0.2) is 30.4 Å². The Morgan fingerprint density at radius 2 is 1.82 bits per heavy atom. The zero-order valence-electron chi connectivity index (χ0n) is 11.7. The molecule has 0 radical (unpaired) electrons. The Bertz CT molecular complexity index is 239. The largest absolute Gasteiger partial charge is 0.343 e. The predicted octanol–water partition coefficient (Wildman–Crippen LogP) is 2.40. The van der Waals surface area contributed by atoms with Crippen molar-refractivity contribution in [2.75, 3.05) is 19.6 Å². The first-order valence-electron chi connectivity index (χ1n) is 7.04. The second-order valence-corrected chi connectivity index (χ2v) is 5.63. The van der Waals surface area contributed by atoms with Crippen LogP contribution in [0.1, 0.15) is 52.9 Å². The number of nitrogens with zero attached hydrogens (tertiary/aromatic N) is 1. The number of carbonyl (C=O) groups excluding carboxylic acids is 1. The minimum absolute atomic E-state index is 0.295. The molecule has 1 aliphatic heterocycles. The van der Waals surface area contributed by atoms with Crippen molar-refractivity contribution < 1.29 is 4.79 Å². The molecule has 0 saturated carbocycles. The molecule has 100 valence electrons. The van der Waals surface area contributed by atoms with Crippen molar-refractivity contribution in [3.63, 3.8) is 0 Å². The fourth-order valence-electron chi connectivity index (χ4n) is 2.70. The van der Waals surface area contributed by atoms with Crippen molar-refractivity contribution in [1.29, 1.82) is 0 Å². The summed E-state index contributed by atoms with van der Waals surface area (Å²) in [6, 6.07) is 0. The Morgan fingerprint density at radius 3 is 2.24 bits per heavy atom. The number of hydrogen-bond acceptors (Lipinski definition) is 2. The SMILES string of the molecule is CCC1(CC)CCN(C(=O)CC(C)CN)CC1. The fourth-order valence-corrected chi connectivity index (χ4v) is 2.70. The number of piperidine rings is 1. The number of hydrogen-bond donors (Lipinski definition) is 1. The van der Waals surface area contributed by atoms with Crippen LogP contribution in [0.2, 0.25) is 0 Å². The van der Waals surface area contributed by atoms with Crippen LogP contribution in [0, 0.1) is 11.3 Å². The summed E-state index contributed by atoms with van der Waals surface area (Å²) in [5.74, 6) is 0.607. The average molecular weight is 240 g/mol. The van der Waals surface area contributed by atoms with Crippen molar-refractivity contribution in [1.82, 2.24) is 4.90 Å². The molecule has 1 fully saturated rings. The smallest absolute Gasteiger partial charge is 0.222 e. The first kappa shape index (κ1) is 14.5. The highest BCUT2D eigenvalue weighted by atomic mass is 16.2. The van der Waals surface area contributed by atoms with E-state index >= 15 is 0 Å². The quantitative estimate of drug-likeness (QED) is 0.802. The molecular formula is C14H28N2O. The van der Waals surface area contributed by atoms with Gasteiger partial charge in [0.25, 0.3) is 0 Å². The van der Waals surface area contributed by atoms with Gasteiger partial charge < -0.3 is 10.6 Å². The standard InChI is InChI=1S/C14H28N2O/c1-4-14(5-2)6-8-16(9-7-14)13(17)10-12(3)11-15/h12H,4-11,15H2,1-3H3. The van der Waals surface area contributed by atoms with Crippen molar-refractivity contribution in [2.45, 2.75) is 52.9 Å². The Morgan fingerprint density at radius 1 is 1.29 bits per heavy atom. The van der Waals surface area contributed by atoms with E-state index in [4.69, 9.17) is 5.73 Å². The molecular weight excluding hydrogens is 212 g/mol. The van der Waals surface area contributed by atoms with Crippen LogP contribution in [0.3, 0.4) is 0 Å². The van der Waals surface area contributed by atoms with Crippen molar-refractivity contribution in [3.05, 3.63) is 0 Å². The Balaban J connectivity index is 2.43. The van der Waals surface area contributed by atoms with Gasteiger partial charge in [-0.3, -0.25) is 4.79 Å². The van der Waals surface area contributed by atoms with E-state index in [2.05, 4.69) is 13.8 Å². The highest BCUT2D eigenvalue weighted by Gasteiger charge is 2.32. The normalized spacial score (nSPS) is 21.3. The van der Waals surface area contributed by atoms with Crippen LogP contribution in [-0.2, 0) is 4.79 Å². The fraction of sp³-hybridized carbons (Fsp3) is 0.929. The van der Waals surface area contributed by atoms with E-state index in [0.717, 1.165) is 13.1 Å². The van der Waals surface area contributed by atoms with Gasteiger partial charge in [0.2, 0.25) is 5.91 Å². The monoisotopic (exact) mass is 240 g/mol. The third-order valence-electron chi connectivity index (χ3n) is 4.60. The molecule has 1 atom stereocenters. The molecule has 0 aromatic carbocycles. The molecule has 3 heteroatoms. The van der Waals surface area contributed by atoms with E-state index in [1.807, 2.05) is 11.8 Å². The summed E-state index contributed by atoms with van der Waals surface area (Å²) in [5.41, 5.74) is 6.06. The maximum Gasteiger partial charge on any atom is 0.222 e. The van der Waals surface area contributed by atoms with Crippen LogP contribution < -0.4 is 5.73 Å². The van der Waals surface area contributed by atoms with E-state index in [9.17, 15) is 4.79 Å². The number of rotatable bonds is 5. The number of carbonyl (C=O) groups is 1. The van der Waals surface area contributed by atoms with Gasteiger partial charge in [-0.1, -0.05) is 33.6 Å². The van der Waals surface area contributed by atoms with E-state index in [1.165, 1.54) is 25.7 Å². The molecule has 0 bridgehead atoms. The highest BCUT2D eigenvalue weighted by molar-refractivity contribution is 5.76. The lowest BCUT2D eigenvalue weighted by Crippen LogP contribution is -2.43. The van der Waals surface area contributed by atoms with Gasteiger partial charge in [0.05, 0.1) is 0 Å². The van der Waals surface area contributed by atoms with Crippen molar-refractivity contribution in [2.24, 2.45) is 17.1 Å². The molecule has 1 heterocycles. The number of amides is 1. The van der Waals surface area contributed by atoms with Gasteiger partial charge in [-0.05, 0) is 30.7 Å². The highest BCUT2D eigenvalue weighted by Crippen LogP contribution is 2.38. The molecule has 1 saturated heterocycles. The first-order valence-corrected chi connectivity index (χ1v) is 7.04. The van der Waals surface area contributed by atoms with E-state index in [-0.39, 0.29) is 0 Å². The average Bonchev–Trinajstić information content (AvgIpc) is 2.38. The summed E-state index contributed by atoms with van der Waals surface area (Å²) in [5, 5.41) is 0. The van der Waals surface area contributed by atoms with Crippen molar-refractivity contribution in [3.8, 4) is 0 Å². The molecule has 2 N–H and O–H groups in total. The lowest BCUT2D eigenvalue weighted by Gasteiger charge is -2.41. The zero-order chi connectivity index (χ0) is 12.9. The summed E-state index contributed by atoms with van der Waals surface area (Å²) in [7, 11) is 0. The third-order valence-corrected chi connectivity index (χ3v) is 4.60. The Hall–Kier alpha value is -0.570. The second-order valence-electron chi connectivity index (χ2n) is 5.63. The summed E-state index contributed by atoms with van der Waals surface area (Å²) >= 11 is 0. The summed E-state index contributed by atoms with van der Waals surface area (Å²) in [6.07, 6.45) is 5.43. The minimum atomic E-state index is 0.295. The maximum absolute atomic E-state index is 12.0. The molecule has 1 aliphatic rings. The van der Waals surface area contributed by atoms with Crippen LogP contribution in [0.4, 0.5) is 0 Å². The van der Waals surface area contributed by atoms with E-state index in [0.29, 0.717) is 30.2 Å². The first-order chi connectivity index (χ1) is 8.06. The van der Waals surface area contributed by atoms with Crippen LogP contribution in [0.15, 0.2) is 0 Å². The van der Waals surface area contributed by atoms with Gasteiger partial charge in [-0.2, -0.15) is 0 Å². The molecule has 0 aromatic rings. The molecule has 1 amide bonds. The maximum atomic E-state index is 12.0. The van der Waals surface area contributed by atoms with Gasteiger partial charge in [0.15, 0.2) is 0 Å². The zero-order valence-corrected chi connectivity index (χ0v) is 11.7. The lowest BCUT2D eigenvalue weighted by atomic mass is 9.74. The topological polar surface area (TPSA) is 46.3 Å². The van der Waals surface area contributed by atoms with Crippen LogP contribution in [0.5, 0.6) is 0 Å². The molecule has 3 nitrogen and oxygen atoms in total. The molecule has 17 heavy (non-hydrogen) atoms.